The SMILES string of the molecule is CCCCCC#C[Se-].CCCCCC#C[Se-].ClCCl.ClCCl.[Pt+2].c1ccc([PH+](c2ccccc2)c2ccccc2)cc1.c1ccc([PH+](c2ccccc2)c2ccccc2)cc1. The molecule has 0 aromatic heterocycles. The molecule has 61 heavy (non-hydrogen) atoms. The Balaban J connectivity index is 0.000000800. The Morgan fingerprint density at radius 2 is 0.541 bits per heavy atom. The summed E-state index contributed by atoms with van der Waals surface area (Å²) in [5.74, 6) is 5.96. The Bertz CT molecular complexity index is 1630. The van der Waals surface area contributed by atoms with E-state index in [4.69, 9.17) is 46.4 Å². The molecule has 0 fully saturated rings. The van der Waals surface area contributed by atoms with Crippen molar-refractivity contribution in [1.29, 1.82) is 0 Å². The van der Waals surface area contributed by atoms with Crippen LogP contribution in [0.5, 0.6) is 0 Å². The maximum Gasteiger partial charge on any atom is 2.00 e. The van der Waals surface area contributed by atoms with E-state index < -0.39 is 15.8 Å². The molecule has 9 heteroatoms. The third-order valence-corrected chi connectivity index (χ3v) is 14.4. The smallest absolute Gasteiger partial charge is 0.109 e. The van der Waals surface area contributed by atoms with Gasteiger partial charge in [-0.15, -0.1) is 46.4 Å². The molecule has 0 spiro atoms. The van der Waals surface area contributed by atoms with E-state index >= 15 is 0 Å². The standard InChI is InChI=1S/2C18H15P.2C7H12Se.2CH2Cl2.Pt/c2*1-4-10-16(11-5-1)19(17-12-6-2-7-13-17)18-14-8-3-9-15-18;2*1-2-3-4-5-6-7-8;2*2-1-3;/h2*1-15H;2*8H,2-5H2,1H3;2*1H2;/q;;;;;;+2. The average Bonchev–Trinajstić information content (AvgIpc) is 3.30. The van der Waals surface area contributed by atoms with Gasteiger partial charge in [0.25, 0.3) is 0 Å². The molecule has 0 saturated carbocycles. The molecule has 0 saturated heterocycles. The van der Waals surface area contributed by atoms with Gasteiger partial charge in [0.05, 0.1) is 26.5 Å². The predicted molar refractivity (Wildman–Crippen MR) is 282 cm³/mol. The maximum absolute atomic E-state index is 4.76. The molecule has 0 aliphatic carbocycles. The Labute approximate surface area is 422 Å². The van der Waals surface area contributed by atoms with Crippen molar-refractivity contribution in [3.8, 4) is 21.5 Å². The summed E-state index contributed by atoms with van der Waals surface area (Å²) in [5.41, 5.74) is 0. The zero-order chi connectivity index (χ0) is 43.7. The van der Waals surface area contributed by atoms with E-state index in [1.165, 1.54) is 70.4 Å². The summed E-state index contributed by atoms with van der Waals surface area (Å²) in [6.45, 7) is 4.40. The molecule has 6 aromatic carbocycles. The van der Waals surface area contributed by atoms with Crippen LogP contribution < -0.4 is 31.8 Å². The van der Waals surface area contributed by atoms with Crippen LogP contribution in [0.3, 0.4) is 0 Å². The number of rotatable bonds is 12. The van der Waals surface area contributed by atoms with Crippen LogP contribution in [0, 0.1) is 21.5 Å². The predicted octanol–water partition coefficient (Wildman–Crippen LogP) is 12.6. The molecule has 0 aliphatic rings. The van der Waals surface area contributed by atoms with Crippen LogP contribution in [0.25, 0.3) is 0 Å². The van der Waals surface area contributed by atoms with Crippen LogP contribution in [-0.2, 0) is 21.1 Å². The second-order valence-electron chi connectivity index (χ2n) is 12.6. The Kier molecular flexibility index (Phi) is 42.1. The minimum absolute atomic E-state index is 0. The molecule has 0 aliphatic heterocycles. The fourth-order valence-electron chi connectivity index (χ4n) is 5.66. The average molecular weight is 1240 g/mol. The molecule has 0 atom stereocenters. The number of hydrogen-bond acceptors (Lipinski definition) is 0. The molecule has 0 radical (unpaired) electrons. The van der Waals surface area contributed by atoms with Crippen molar-refractivity contribution in [3.63, 3.8) is 0 Å². The molecule has 0 bridgehead atoms. The summed E-state index contributed by atoms with van der Waals surface area (Å²) in [7, 11) is -1.75. The van der Waals surface area contributed by atoms with Crippen LogP contribution in [0.2, 0.25) is 0 Å². The third kappa shape index (κ3) is 28.6. The van der Waals surface area contributed by atoms with Crippen LogP contribution in [0.1, 0.15) is 65.2 Å². The monoisotopic (exact) mass is 1240 g/mol. The molecule has 0 unspecified atom stereocenters. The van der Waals surface area contributed by atoms with Gasteiger partial charge in [0.2, 0.25) is 0 Å². The largest absolute Gasteiger partial charge is 2.00 e. The molecule has 0 nitrogen and oxygen atoms in total. The zero-order valence-electron chi connectivity index (χ0n) is 35.0. The van der Waals surface area contributed by atoms with Gasteiger partial charge < -0.3 is 0 Å². The van der Waals surface area contributed by atoms with E-state index in [-0.39, 0.29) is 31.7 Å². The first kappa shape index (κ1) is 59.2. The summed E-state index contributed by atoms with van der Waals surface area (Å²) < 4.78 is 0. The van der Waals surface area contributed by atoms with Crippen LogP contribution in [-0.4, -0.2) is 42.7 Å². The van der Waals surface area contributed by atoms with Crippen LogP contribution >= 0.6 is 62.2 Å². The van der Waals surface area contributed by atoms with Crippen LogP contribution in [0.15, 0.2) is 182 Å². The topological polar surface area (TPSA) is 0 Å². The van der Waals surface area contributed by atoms with Crippen molar-refractivity contribution < 1.29 is 21.1 Å². The Morgan fingerprint density at radius 3 is 0.689 bits per heavy atom. The van der Waals surface area contributed by atoms with Crippen molar-refractivity contribution in [2.45, 2.75) is 65.2 Å². The van der Waals surface area contributed by atoms with E-state index in [1.807, 2.05) is 0 Å². The minimum atomic E-state index is -0.877. The number of benzene rings is 6. The molecule has 324 valence electrons. The molecule has 0 amide bonds. The second-order valence-corrected chi connectivity index (χ2v) is 20.1. The van der Waals surface area contributed by atoms with Gasteiger partial charge in [0, 0.05) is 0 Å². The summed E-state index contributed by atoms with van der Waals surface area (Å²) in [6, 6.07) is 65.0. The van der Waals surface area contributed by atoms with E-state index in [0.717, 1.165) is 12.8 Å². The van der Waals surface area contributed by atoms with Crippen molar-refractivity contribution in [1.82, 2.24) is 0 Å². The van der Waals surface area contributed by atoms with Crippen molar-refractivity contribution in [2.24, 2.45) is 0 Å². The first-order chi connectivity index (χ1) is 29.6. The molecule has 6 rings (SSSR count). The van der Waals surface area contributed by atoms with Gasteiger partial charge in [-0.3, -0.25) is 0 Å². The van der Waals surface area contributed by atoms with E-state index in [0.29, 0.717) is 0 Å². The van der Waals surface area contributed by atoms with Crippen molar-refractivity contribution in [3.05, 3.63) is 182 Å². The quantitative estimate of drug-likeness (QED) is 0.0377. The van der Waals surface area contributed by atoms with Gasteiger partial charge in [0.1, 0.15) is 31.8 Å². The number of hydrogen-bond donors (Lipinski definition) is 0. The molecule has 6 aromatic rings. The van der Waals surface area contributed by atoms with E-state index in [2.05, 4.69) is 249 Å². The van der Waals surface area contributed by atoms with Crippen molar-refractivity contribution >= 4 is 126 Å². The Morgan fingerprint density at radius 1 is 0.361 bits per heavy atom. The fourth-order valence-corrected chi connectivity index (χ4v) is 11.2. The number of unbranched alkanes of at least 4 members (excludes halogenated alkanes) is 6. The zero-order valence-corrected chi connectivity index (χ0v) is 45.8. The van der Waals surface area contributed by atoms with Crippen LogP contribution in [0.4, 0.5) is 0 Å². The van der Waals surface area contributed by atoms with Gasteiger partial charge in [-0.05, 0) is 72.8 Å². The van der Waals surface area contributed by atoms with Gasteiger partial charge in [-0.2, -0.15) is 0 Å². The maximum atomic E-state index is 4.76. The molecule has 0 heterocycles. The van der Waals surface area contributed by atoms with Gasteiger partial charge in [0.15, 0.2) is 0 Å². The molecule has 0 N–H and O–H groups in total. The molecular formula is C52H58Cl4P2PtSe2+2. The van der Waals surface area contributed by atoms with Gasteiger partial charge in [-0.25, -0.2) is 0 Å². The van der Waals surface area contributed by atoms with Crippen molar-refractivity contribution in [2.75, 3.05) is 10.7 Å². The van der Waals surface area contributed by atoms with Gasteiger partial charge >= 0.3 is 140 Å². The van der Waals surface area contributed by atoms with E-state index in [1.54, 1.807) is 0 Å². The summed E-state index contributed by atoms with van der Waals surface area (Å²) in [5, 5.41) is 9.00. The van der Waals surface area contributed by atoms with E-state index in [9.17, 15) is 0 Å². The summed E-state index contributed by atoms with van der Waals surface area (Å²) in [4.78, 5) is 5.50. The minimum Gasteiger partial charge on any atom is -0.109 e. The first-order valence-electron chi connectivity index (χ1n) is 20.1. The second kappa shape index (κ2) is 43.4. The number of alkyl halides is 4. The normalized spacial score (nSPS) is 9.18. The summed E-state index contributed by atoms with van der Waals surface area (Å²) in [6.07, 6.45) is 9.83. The third-order valence-electron chi connectivity index (χ3n) is 8.33. The molecular weight excluding hydrogens is 1180 g/mol. The van der Waals surface area contributed by atoms with Gasteiger partial charge in [-0.1, -0.05) is 109 Å². The number of halogens is 4. The Hall–Kier alpha value is -1.81. The first-order valence-corrected chi connectivity index (χ1v) is 26.9. The summed E-state index contributed by atoms with van der Waals surface area (Å²) >= 11 is 24.4. The fraction of sp³-hybridized carbons (Fsp3) is 0.231.